The average molecular weight is 264 g/mol. The predicted octanol–water partition coefficient (Wildman–Crippen LogP) is 0.116. The highest BCUT2D eigenvalue weighted by Crippen LogP contribution is 2.01. The molecule has 7 heteroatoms. The van der Waals surface area contributed by atoms with Crippen LogP contribution in [0.2, 0.25) is 0 Å². The summed E-state index contributed by atoms with van der Waals surface area (Å²) in [6, 6.07) is -1.69. The first kappa shape index (κ1) is 14.6. The zero-order chi connectivity index (χ0) is 14.5. The number of hydrogen-bond donors (Lipinski definition) is 4. The van der Waals surface area contributed by atoms with Gasteiger partial charge in [0.1, 0.15) is 6.04 Å². The molecule has 0 bridgehead atoms. The molecule has 0 saturated heterocycles. The van der Waals surface area contributed by atoms with Crippen molar-refractivity contribution in [2.24, 2.45) is 0 Å². The average Bonchev–Trinajstić information content (AvgIpc) is 2.80. The number of nitrogens with one attached hydrogen (secondary N) is 3. The number of rotatable bonds is 5. The van der Waals surface area contributed by atoms with E-state index in [0.29, 0.717) is 5.69 Å². The summed E-state index contributed by atoms with van der Waals surface area (Å²) in [5.41, 5.74) is -0.231. The van der Waals surface area contributed by atoms with Crippen LogP contribution >= 0.6 is 0 Å². The number of aromatic nitrogens is 2. The van der Waals surface area contributed by atoms with E-state index in [2.05, 4.69) is 26.5 Å². The lowest BCUT2D eigenvalue weighted by atomic mass is 10.1. The van der Waals surface area contributed by atoms with Crippen molar-refractivity contribution in [2.75, 3.05) is 0 Å². The molecule has 2 amide bonds. The molecule has 4 N–H and O–H groups in total. The maximum Gasteiger partial charge on any atom is 0.326 e. The van der Waals surface area contributed by atoms with Crippen LogP contribution in [0.15, 0.2) is 12.5 Å². The molecule has 0 aromatic carbocycles. The first-order chi connectivity index (χ1) is 8.84. The third-order valence-electron chi connectivity index (χ3n) is 2.37. The minimum atomic E-state index is -1.14. The van der Waals surface area contributed by atoms with Crippen molar-refractivity contribution in [3.05, 3.63) is 18.2 Å². The number of terminal acetylenes is 1. The van der Waals surface area contributed by atoms with Gasteiger partial charge in [0.15, 0.2) is 0 Å². The Morgan fingerprint density at radius 2 is 2.32 bits per heavy atom. The number of carboxylic acids is 1. The highest BCUT2D eigenvalue weighted by atomic mass is 16.4. The second-order valence-electron chi connectivity index (χ2n) is 4.54. The molecule has 0 spiro atoms. The summed E-state index contributed by atoms with van der Waals surface area (Å²) < 4.78 is 0. The van der Waals surface area contributed by atoms with Crippen LogP contribution in [0.1, 0.15) is 19.5 Å². The fourth-order valence-corrected chi connectivity index (χ4v) is 1.33. The number of imidazole rings is 1. The molecule has 0 saturated carbocycles. The van der Waals surface area contributed by atoms with Crippen LogP contribution in [0.5, 0.6) is 0 Å². The Balaban J connectivity index is 2.62. The Bertz CT molecular complexity index is 488. The van der Waals surface area contributed by atoms with Gasteiger partial charge in [0.25, 0.3) is 0 Å². The molecule has 0 aliphatic heterocycles. The minimum absolute atomic E-state index is 0.110. The van der Waals surface area contributed by atoms with Crippen molar-refractivity contribution in [1.29, 1.82) is 0 Å². The van der Waals surface area contributed by atoms with E-state index >= 15 is 0 Å². The largest absolute Gasteiger partial charge is 0.480 e. The van der Waals surface area contributed by atoms with E-state index in [4.69, 9.17) is 11.5 Å². The van der Waals surface area contributed by atoms with Gasteiger partial charge in [0.2, 0.25) is 0 Å². The predicted molar refractivity (Wildman–Crippen MR) is 68.3 cm³/mol. The molecule has 0 fully saturated rings. The van der Waals surface area contributed by atoms with Gasteiger partial charge in [-0.25, -0.2) is 14.6 Å². The highest BCUT2D eigenvalue weighted by Gasteiger charge is 2.24. The Hall–Kier alpha value is -2.49. The first-order valence-corrected chi connectivity index (χ1v) is 5.60. The molecule has 0 aliphatic rings. The summed E-state index contributed by atoms with van der Waals surface area (Å²) in [6.45, 7) is 3.27. The molecule has 1 atom stereocenters. The molecule has 102 valence electrons. The number of aliphatic carboxylic acids is 1. The molecule has 1 unspecified atom stereocenters. The normalized spacial score (nSPS) is 12.3. The Morgan fingerprint density at radius 3 is 2.79 bits per heavy atom. The minimum Gasteiger partial charge on any atom is -0.480 e. The van der Waals surface area contributed by atoms with Crippen LogP contribution in [0.25, 0.3) is 0 Å². The molecule has 1 aromatic rings. The second-order valence-corrected chi connectivity index (χ2v) is 4.54. The van der Waals surface area contributed by atoms with E-state index in [0.717, 1.165) is 0 Å². The number of carboxylic acid groups (broad SMARTS) is 1. The molecule has 1 heterocycles. The fourth-order valence-electron chi connectivity index (χ4n) is 1.33. The topological polar surface area (TPSA) is 107 Å². The molecule has 1 aromatic heterocycles. The number of carbonyl (C=O) groups is 2. The Kier molecular flexibility index (Phi) is 4.53. The van der Waals surface area contributed by atoms with Gasteiger partial charge in [-0.1, -0.05) is 5.92 Å². The summed E-state index contributed by atoms with van der Waals surface area (Å²) in [7, 11) is 0. The third kappa shape index (κ3) is 4.71. The van der Waals surface area contributed by atoms with Gasteiger partial charge in [-0.05, 0) is 13.8 Å². The molecular weight excluding hydrogens is 248 g/mol. The van der Waals surface area contributed by atoms with Crippen molar-refractivity contribution >= 4 is 12.0 Å². The number of nitrogens with zero attached hydrogens (tertiary/aromatic N) is 1. The van der Waals surface area contributed by atoms with E-state index in [1.807, 2.05) is 0 Å². The lowest BCUT2D eigenvalue weighted by molar-refractivity contribution is -0.139. The molecule has 1 rings (SSSR count). The standard InChI is InChI=1S/C12H16N4O3/c1-4-12(2,3)16-11(19)15-9(10(17)18)5-8-6-13-7-14-8/h1,6-7,9H,5H2,2-3H3,(H,13,14)(H,17,18)(H2,15,16,19). The maximum absolute atomic E-state index is 11.7. The van der Waals surface area contributed by atoms with Crippen LogP contribution < -0.4 is 10.6 Å². The van der Waals surface area contributed by atoms with Crippen LogP contribution in [-0.4, -0.2) is 38.7 Å². The van der Waals surface area contributed by atoms with Crippen molar-refractivity contribution in [2.45, 2.75) is 31.8 Å². The van der Waals surface area contributed by atoms with Crippen molar-refractivity contribution in [1.82, 2.24) is 20.6 Å². The SMILES string of the molecule is C#CC(C)(C)NC(=O)NC(Cc1cnc[nH]1)C(=O)O. The van der Waals surface area contributed by atoms with Gasteiger partial charge in [0, 0.05) is 18.3 Å². The van der Waals surface area contributed by atoms with Gasteiger partial charge in [-0.15, -0.1) is 6.42 Å². The van der Waals surface area contributed by atoms with Gasteiger partial charge in [-0.2, -0.15) is 0 Å². The molecule has 19 heavy (non-hydrogen) atoms. The quantitative estimate of drug-likeness (QED) is 0.566. The summed E-state index contributed by atoms with van der Waals surface area (Å²) in [5, 5.41) is 13.9. The molecule has 0 aliphatic carbocycles. The summed E-state index contributed by atoms with van der Waals surface area (Å²) in [4.78, 5) is 29.3. The molecule has 7 nitrogen and oxygen atoms in total. The first-order valence-electron chi connectivity index (χ1n) is 5.60. The van der Waals surface area contributed by atoms with E-state index in [-0.39, 0.29) is 6.42 Å². The lowest BCUT2D eigenvalue weighted by Gasteiger charge is -2.22. The zero-order valence-corrected chi connectivity index (χ0v) is 10.7. The second kappa shape index (κ2) is 5.91. The number of carbonyl (C=O) groups excluding carboxylic acids is 1. The lowest BCUT2D eigenvalue weighted by Crippen LogP contribution is -2.52. The number of aromatic amines is 1. The van der Waals surface area contributed by atoms with E-state index < -0.39 is 23.6 Å². The smallest absolute Gasteiger partial charge is 0.326 e. The van der Waals surface area contributed by atoms with Crippen LogP contribution in [0.4, 0.5) is 4.79 Å². The number of urea groups is 1. The van der Waals surface area contributed by atoms with E-state index in [9.17, 15) is 9.59 Å². The van der Waals surface area contributed by atoms with Gasteiger partial charge >= 0.3 is 12.0 Å². The fraction of sp³-hybridized carbons (Fsp3) is 0.417. The molecular formula is C12H16N4O3. The van der Waals surface area contributed by atoms with Crippen LogP contribution in [0.3, 0.4) is 0 Å². The van der Waals surface area contributed by atoms with Gasteiger partial charge < -0.3 is 20.7 Å². The van der Waals surface area contributed by atoms with Crippen molar-refractivity contribution in [3.8, 4) is 12.3 Å². The maximum atomic E-state index is 11.7. The molecule has 0 radical (unpaired) electrons. The zero-order valence-electron chi connectivity index (χ0n) is 10.7. The van der Waals surface area contributed by atoms with E-state index in [1.54, 1.807) is 13.8 Å². The highest BCUT2D eigenvalue weighted by molar-refractivity contribution is 5.83. The number of H-pyrrole nitrogens is 1. The summed E-state index contributed by atoms with van der Waals surface area (Å²) in [5.74, 6) is 1.25. The van der Waals surface area contributed by atoms with Crippen LogP contribution in [0, 0.1) is 12.3 Å². The van der Waals surface area contributed by atoms with Crippen molar-refractivity contribution < 1.29 is 14.7 Å². The Morgan fingerprint density at radius 1 is 1.63 bits per heavy atom. The van der Waals surface area contributed by atoms with Crippen molar-refractivity contribution in [3.63, 3.8) is 0 Å². The number of hydrogen-bond acceptors (Lipinski definition) is 3. The third-order valence-corrected chi connectivity index (χ3v) is 2.37. The van der Waals surface area contributed by atoms with Crippen LogP contribution in [-0.2, 0) is 11.2 Å². The Labute approximate surface area is 110 Å². The summed E-state index contributed by atoms with van der Waals surface area (Å²) >= 11 is 0. The van der Waals surface area contributed by atoms with Gasteiger partial charge in [-0.3, -0.25) is 0 Å². The van der Waals surface area contributed by atoms with E-state index in [1.165, 1.54) is 12.5 Å². The number of amides is 2. The summed E-state index contributed by atoms with van der Waals surface area (Å²) in [6.07, 6.45) is 8.28. The monoisotopic (exact) mass is 264 g/mol. The van der Waals surface area contributed by atoms with Gasteiger partial charge in [0.05, 0.1) is 11.9 Å².